The fraction of sp³-hybridized carbons (Fsp3) is 0.812. The Morgan fingerprint density at radius 2 is 2.10 bits per heavy atom. The van der Waals surface area contributed by atoms with Crippen molar-refractivity contribution >= 4 is 11.6 Å². The molecule has 1 aromatic heterocycles. The summed E-state index contributed by atoms with van der Waals surface area (Å²) in [5.74, 6) is 0.824. The van der Waals surface area contributed by atoms with Gasteiger partial charge >= 0.3 is 0 Å². The molecule has 1 fully saturated rings. The van der Waals surface area contributed by atoms with Gasteiger partial charge < -0.3 is 5.32 Å². The second kappa shape index (κ2) is 6.07. The summed E-state index contributed by atoms with van der Waals surface area (Å²) in [5, 5.41) is 9.05. The van der Waals surface area contributed by atoms with Gasteiger partial charge in [0.1, 0.15) is 0 Å². The van der Waals surface area contributed by atoms with Crippen molar-refractivity contribution in [3.05, 3.63) is 16.4 Å². The normalized spacial score (nSPS) is 18.6. The van der Waals surface area contributed by atoms with E-state index in [4.69, 9.17) is 11.6 Å². The van der Waals surface area contributed by atoms with Gasteiger partial charge in [0.05, 0.1) is 16.4 Å². The summed E-state index contributed by atoms with van der Waals surface area (Å²) in [4.78, 5) is 0. The minimum atomic E-state index is 0.284. The van der Waals surface area contributed by atoms with Gasteiger partial charge in [-0.05, 0) is 37.0 Å². The van der Waals surface area contributed by atoms with Crippen LogP contribution in [0.4, 0.5) is 0 Å². The molecule has 0 bridgehead atoms. The number of nitrogens with one attached hydrogen (secondary N) is 1. The summed E-state index contributed by atoms with van der Waals surface area (Å²) in [6.07, 6.45) is 4.62. The van der Waals surface area contributed by atoms with Crippen molar-refractivity contribution in [1.82, 2.24) is 15.1 Å². The molecule has 1 unspecified atom stereocenters. The molecule has 1 aliphatic rings. The molecule has 0 aliphatic heterocycles. The van der Waals surface area contributed by atoms with E-state index in [-0.39, 0.29) is 5.41 Å². The highest BCUT2D eigenvalue weighted by Gasteiger charge is 2.42. The van der Waals surface area contributed by atoms with Gasteiger partial charge in [0.25, 0.3) is 0 Å². The fourth-order valence-corrected chi connectivity index (χ4v) is 3.32. The van der Waals surface area contributed by atoms with Gasteiger partial charge in [-0.25, -0.2) is 0 Å². The first-order valence-corrected chi connectivity index (χ1v) is 8.18. The molecule has 1 aliphatic carbocycles. The summed E-state index contributed by atoms with van der Waals surface area (Å²) in [7, 11) is 2.02. The number of hydrogen-bond donors (Lipinski definition) is 1. The first kappa shape index (κ1) is 15.8. The average Bonchev–Trinajstić information content (AvgIpc) is 3.20. The zero-order valence-corrected chi connectivity index (χ0v) is 14.2. The highest BCUT2D eigenvalue weighted by Crippen LogP contribution is 2.47. The van der Waals surface area contributed by atoms with Crippen molar-refractivity contribution in [1.29, 1.82) is 0 Å². The molecule has 1 saturated carbocycles. The average molecular weight is 298 g/mol. The third-order valence-electron chi connectivity index (χ3n) is 4.55. The molecule has 1 N–H and O–H groups in total. The lowest BCUT2D eigenvalue weighted by molar-refractivity contribution is 0.243. The fourth-order valence-electron chi connectivity index (χ4n) is 2.96. The molecule has 0 radical (unpaired) electrons. The van der Waals surface area contributed by atoms with Crippen molar-refractivity contribution < 1.29 is 0 Å². The monoisotopic (exact) mass is 297 g/mol. The number of rotatable bonds is 7. The first-order valence-electron chi connectivity index (χ1n) is 7.81. The quantitative estimate of drug-likeness (QED) is 0.833. The molecule has 1 aromatic rings. The van der Waals surface area contributed by atoms with Gasteiger partial charge in [-0.2, -0.15) is 5.10 Å². The van der Waals surface area contributed by atoms with Crippen molar-refractivity contribution in [2.24, 2.45) is 18.4 Å². The van der Waals surface area contributed by atoms with Crippen LogP contribution >= 0.6 is 11.6 Å². The second-order valence-electron chi connectivity index (χ2n) is 6.83. The molecular formula is C16H28ClN3. The summed E-state index contributed by atoms with van der Waals surface area (Å²) in [6, 6.07) is 0.529. The third-order valence-corrected chi connectivity index (χ3v) is 4.99. The maximum atomic E-state index is 6.52. The van der Waals surface area contributed by atoms with E-state index < -0.39 is 0 Å². The summed E-state index contributed by atoms with van der Waals surface area (Å²) in [6.45, 7) is 9.98. The molecule has 4 heteroatoms. The molecule has 1 atom stereocenters. The van der Waals surface area contributed by atoms with E-state index in [1.54, 1.807) is 0 Å². The highest BCUT2D eigenvalue weighted by atomic mass is 35.5. The molecule has 0 spiro atoms. The summed E-state index contributed by atoms with van der Waals surface area (Å²) >= 11 is 6.52. The Balaban J connectivity index is 2.18. The van der Waals surface area contributed by atoms with E-state index in [1.807, 2.05) is 11.7 Å². The molecule has 2 rings (SSSR count). The van der Waals surface area contributed by atoms with E-state index >= 15 is 0 Å². The molecule has 0 aromatic carbocycles. The SMILES string of the molecule is CCc1nn(C)c(CC(C)(CNC(C)C)C2CC2)c1Cl. The van der Waals surface area contributed by atoms with Gasteiger partial charge in [0, 0.05) is 19.6 Å². The smallest absolute Gasteiger partial charge is 0.0849 e. The van der Waals surface area contributed by atoms with Crippen LogP contribution in [0.1, 0.15) is 51.9 Å². The van der Waals surface area contributed by atoms with Crippen LogP contribution in [0.3, 0.4) is 0 Å². The zero-order valence-electron chi connectivity index (χ0n) is 13.5. The molecule has 3 nitrogen and oxygen atoms in total. The minimum Gasteiger partial charge on any atom is -0.314 e. The van der Waals surface area contributed by atoms with Gasteiger partial charge in [0.2, 0.25) is 0 Å². The Morgan fingerprint density at radius 1 is 1.45 bits per heavy atom. The van der Waals surface area contributed by atoms with Gasteiger partial charge in [-0.15, -0.1) is 0 Å². The summed E-state index contributed by atoms with van der Waals surface area (Å²) in [5.41, 5.74) is 2.51. The number of aromatic nitrogens is 2. The van der Waals surface area contributed by atoms with Crippen LogP contribution in [0.5, 0.6) is 0 Å². The van der Waals surface area contributed by atoms with Crippen LogP contribution in [0, 0.1) is 11.3 Å². The standard InChI is InChI=1S/C16H28ClN3/c1-6-13-15(17)14(20(5)19-13)9-16(4,12-7-8-12)10-18-11(2)3/h11-12,18H,6-10H2,1-5H3. The lowest BCUT2D eigenvalue weighted by atomic mass is 9.80. The number of nitrogens with zero attached hydrogens (tertiary/aromatic N) is 2. The van der Waals surface area contributed by atoms with Crippen LogP contribution in [-0.2, 0) is 19.9 Å². The Bertz CT molecular complexity index is 463. The third kappa shape index (κ3) is 3.37. The largest absolute Gasteiger partial charge is 0.314 e. The van der Waals surface area contributed by atoms with E-state index in [1.165, 1.54) is 18.5 Å². The second-order valence-corrected chi connectivity index (χ2v) is 7.20. The van der Waals surface area contributed by atoms with Crippen LogP contribution in [0.15, 0.2) is 0 Å². The summed E-state index contributed by atoms with van der Waals surface area (Å²) < 4.78 is 1.98. The van der Waals surface area contributed by atoms with E-state index in [2.05, 4.69) is 38.1 Å². The van der Waals surface area contributed by atoms with Crippen molar-refractivity contribution in [3.63, 3.8) is 0 Å². The van der Waals surface area contributed by atoms with Crippen LogP contribution in [0.25, 0.3) is 0 Å². The lowest BCUT2D eigenvalue weighted by Crippen LogP contribution is -2.39. The van der Waals surface area contributed by atoms with E-state index in [9.17, 15) is 0 Å². The van der Waals surface area contributed by atoms with Crippen molar-refractivity contribution in [2.45, 2.75) is 59.4 Å². The first-order chi connectivity index (χ1) is 9.37. The van der Waals surface area contributed by atoms with Gasteiger partial charge in [-0.3, -0.25) is 4.68 Å². The Labute approximate surface area is 128 Å². The van der Waals surface area contributed by atoms with Gasteiger partial charge in [0.15, 0.2) is 0 Å². The number of hydrogen-bond acceptors (Lipinski definition) is 2. The van der Waals surface area contributed by atoms with Crippen molar-refractivity contribution in [3.8, 4) is 0 Å². The Morgan fingerprint density at radius 3 is 2.55 bits per heavy atom. The maximum absolute atomic E-state index is 6.52. The van der Waals surface area contributed by atoms with Crippen LogP contribution in [0.2, 0.25) is 5.02 Å². The number of aryl methyl sites for hydroxylation is 2. The van der Waals surface area contributed by atoms with E-state index in [0.29, 0.717) is 6.04 Å². The zero-order chi connectivity index (χ0) is 14.9. The molecule has 0 amide bonds. The number of halogens is 1. The molecular weight excluding hydrogens is 270 g/mol. The minimum absolute atomic E-state index is 0.284. The van der Waals surface area contributed by atoms with Gasteiger partial charge in [-0.1, -0.05) is 39.3 Å². The maximum Gasteiger partial charge on any atom is 0.0849 e. The molecule has 1 heterocycles. The Hall–Kier alpha value is -0.540. The van der Waals surface area contributed by atoms with Crippen LogP contribution in [-0.4, -0.2) is 22.4 Å². The topological polar surface area (TPSA) is 29.9 Å². The molecule has 0 saturated heterocycles. The Kier molecular flexibility index (Phi) is 4.80. The predicted octanol–water partition coefficient (Wildman–Crippen LogP) is 3.59. The molecule has 114 valence electrons. The molecule has 20 heavy (non-hydrogen) atoms. The highest BCUT2D eigenvalue weighted by molar-refractivity contribution is 6.31. The predicted molar refractivity (Wildman–Crippen MR) is 85.3 cm³/mol. The van der Waals surface area contributed by atoms with Crippen molar-refractivity contribution in [2.75, 3.05) is 6.54 Å². The van der Waals surface area contributed by atoms with Crippen LogP contribution < -0.4 is 5.32 Å². The lowest BCUT2D eigenvalue weighted by Gasteiger charge is -2.31. The van der Waals surface area contributed by atoms with E-state index in [0.717, 1.165) is 36.0 Å².